The van der Waals surface area contributed by atoms with E-state index in [0.717, 1.165) is 24.8 Å². The van der Waals surface area contributed by atoms with Gasteiger partial charge in [-0.25, -0.2) is 0 Å². The van der Waals surface area contributed by atoms with E-state index in [-0.39, 0.29) is 16.6 Å². The van der Waals surface area contributed by atoms with Gasteiger partial charge in [-0.05, 0) is 43.4 Å². The molecule has 0 saturated heterocycles. The van der Waals surface area contributed by atoms with Crippen LogP contribution in [0.25, 0.3) is 0 Å². The molecule has 0 spiro atoms. The number of carbonyl (C=O) groups excluding carboxylic acids is 1. The van der Waals surface area contributed by atoms with E-state index in [9.17, 15) is 25.0 Å². The van der Waals surface area contributed by atoms with Crippen molar-refractivity contribution in [3.63, 3.8) is 0 Å². The minimum Gasteiger partial charge on any atom is -0.372 e. The average Bonchev–Trinajstić information content (AvgIpc) is 3.06. The molecule has 0 aliphatic heterocycles. The Kier molecular flexibility index (Phi) is 6.71. The lowest BCUT2D eigenvalue weighted by molar-refractivity contribution is -0.389. The summed E-state index contributed by atoms with van der Waals surface area (Å²) < 4.78 is 0. The molecular formula is C16H18N6O5S. The fraction of sp³-hybridized carbons (Fsp3) is 0.312. The highest BCUT2D eigenvalue weighted by Gasteiger charge is 2.25. The van der Waals surface area contributed by atoms with Gasteiger partial charge in [-0.3, -0.25) is 25.0 Å². The first kappa shape index (κ1) is 20.9. The maximum atomic E-state index is 11.5. The van der Waals surface area contributed by atoms with E-state index in [4.69, 9.17) is 0 Å². The first-order chi connectivity index (χ1) is 13.3. The van der Waals surface area contributed by atoms with E-state index >= 15 is 0 Å². The largest absolute Gasteiger partial charge is 0.372 e. The third-order valence-electron chi connectivity index (χ3n) is 3.73. The van der Waals surface area contributed by atoms with Crippen LogP contribution in [0.2, 0.25) is 0 Å². The number of nitrogens with one attached hydrogen (secondary N) is 1. The molecule has 28 heavy (non-hydrogen) atoms. The van der Waals surface area contributed by atoms with Crippen LogP contribution in [-0.2, 0) is 4.79 Å². The van der Waals surface area contributed by atoms with Gasteiger partial charge in [0.25, 0.3) is 0 Å². The summed E-state index contributed by atoms with van der Waals surface area (Å²) in [6, 6.07) is 5.99. The van der Waals surface area contributed by atoms with Gasteiger partial charge in [0.15, 0.2) is 0 Å². The van der Waals surface area contributed by atoms with Crippen molar-refractivity contribution in [2.24, 2.45) is 10.2 Å². The fourth-order valence-corrected chi connectivity index (χ4v) is 3.20. The van der Waals surface area contributed by atoms with Crippen molar-refractivity contribution in [2.75, 3.05) is 23.3 Å². The predicted molar refractivity (Wildman–Crippen MR) is 106 cm³/mol. The summed E-state index contributed by atoms with van der Waals surface area (Å²) in [5, 5.41) is 31.8. The second-order valence-electron chi connectivity index (χ2n) is 5.54. The van der Waals surface area contributed by atoms with Gasteiger partial charge in [-0.2, -0.15) is 0 Å². The smallest absolute Gasteiger partial charge is 0.333 e. The Balaban J connectivity index is 2.46. The Hall–Kier alpha value is -3.41. The predicted octanol–water partition coefficient (Wildman–Crippen LogP) is 4.78. The van der Waals surface area contributed by atoms with Crippen molar-refractivity contribution in [3.8, 4) is 0 Å². The lowest BCUT2D eigenvalue weighted by Crippen LogP contribution is -2.21. The summed E-state index contributed by atoms with van der Waals surface area (Å²) in [7, 11) is 0. The van der Waals surface area contributed by atoms with E-state index in [0.29, 0.717) is 17.0 Å². The molecule has 2 rings (SSSR count). The first-order valence-corrected chi connectivity index (χ1v) is 9.09. The normalized spacial score (nSPS) is 10.8. The number of hydrogen-bond donors (Lipinski definition) is 1. The highest BCUT2D eigenvalue weighted by atomic mass is 32.1. The lowest BCUT2D eigenvalue weighted by atomic mass is 10.2. The number of amides is 1. The van der Waals surface area contributed by atoms with Crippen molar-refractivity contribution in [2.45, 2.75) is 20.8 Å². The zero-order valence-electron chi connectivity index (χ0n) is 15.4. The van der Waals surface area contributed by atoms with Gasteiger partial charge in [0, 0.05) is 25.7 Å². The Bertz CT molecular complexity index is 938. The number of anilines is 2. The Labute approximate surface area is 164 Å². The zero-order chi connectivity index (χ0) is 20.8. The molecule has 1 amide bonds. The molecule has 1 aromatic carbocycles. The maximum absolute atomic E-state index is 11.5. The van der Waals surface area contributed by atoms with Crippen LogP contribution in [0.15, 0.2) is 34.5 Å². The van der Waals surface area contributed by atoms with Gasteiger partial charge >= 0.3 is 10.7 Å². The summed E-state index contributed by atoms with van der Waals surface area (Å²) in [5.41, 5.74) is 1.03. The van der Waals surface area contributed by atoms with E-state index in [2.05, 4.69) is 20.4 Å². The van der Waals surface area contributed by atoms with E-state index in [1.165, 1.54) is 6.92 Å². The summed E-state index contributed by atoms with van der Waals surface area (Å²) in [6.07, 6.45) is 0. The molecule has 0 radical (unpaired) electrons. The third-order valence-corrected chi connectivity index (χ3v) is 4.69. The molecule has 2 aromatic rings. The number of carbonyl (C=O) groups is 1. The molecule has 0 aliphatic carbocycles. The molecule has 1 aromatic heterocycles. The molecule has 0 bridgehead atoms. The number of azo groups is 1. The SMILES string of the molecule is CCN(CC)c1ccc(/N=N\c2sc([N+](=O)[O-])cc2[N+](=O)[O-])c(NC(C)=O)c1. The van der Waals surface area contributed by atoms with Crippen molar-refractivity contribution < 1.29 is 14.6 Å². The highest BCUT2D eigenvalue weighted by Crippen LogP contribution is 2.42. The van der Waals surface area contributed by atoms with Gasteiger partial charge in [0.05, 0.1) is 15.5 Å². The van der Waals surface area contributed by atoms with Crippen molar-refractivity contribution >= 4 is 50.0 Å². The third kappa shape index (κ3) is 4.85. The number of nitro groups is 2. The quantitative estimate of drug-likeness (QED) is 0.379. The molecule has 0 saturated carbocycles. The van der Waals surface area contributed by atoms with Crippen molar-refractivity contribution in [3.05, 3.63) is 44.5 Å². The Morgan fingerprint density at radius 2 is 1.82 bits per heavy atom. The molecule has 1 N–H and O–H groups in total. The summed E-state index contributed by atoms with van der Waals surface area (Å²) >= 11 is 0.553. The Morgan fingerprint density at radius 1 is 1.14 bits per heavy atom. The minimum atomic E-state index is -0.754. The summed E-state index contributed by atoms with van der Waals surface area (Å²) in [6.45, 7) is 6.87. The van der Waals surface area contributed by atoms with Gasteiger partial charge in [-0.1, -0.05) is 0 Å². The lowest BCUT2D eigenvalue weighted by Gasteiger charge is -2.22. The van der Waals surface area contributed by atoms with Crippen molar-refractivity contribution in [1.82, 2.24) is 0 Å². The molecular weight excluding hydrogens is 388 g/mol. The van der Waals surface area contributed by atoms with E-state index in [1.807, 2.05) is 13.8 Å². The molecule has 0 atom stereocenters. The second kappa shape index (κ2) is 8.99. The Morgan fingerprint density at radius 3 is 2.36 bits per heavy atom. The molecule has 0 unspecified atom stereocenters. The number of rotatable bonds is 8. The second-order valence-corrected chi connectivity index (χ2v) is 6.55. The molecule has 148 valence electrons. The molecule has 0 fully saturated rings. The van der Waals surface area contributed by atoms with Crippen LogP contribution in [0.1, 0.15) is 20.8 Å². The topological polar surface area (TPSA) is 143 Å². The first-order valence-electron chi connectivity index (χ1n) is 8.27. The summed E-state index contributed by atoms with van der Waals surface area (Å²) in [5.74, 6) is -0.314. The van der Waals surface area contributed by atoms with Crippen LogP contribution in [0.3, 0.4) is 0 Å². The van der Waals surface area contributed by atoms with E-state index < -0.39 is 20.5 Å². The van der Waals surface area contributed by atoms with E-state index in [1.54, 1.807) is 18.2 Å². The van der Waals surface area contributed by atoms with Gasteiger partial charge in [0.2, 0.25) is 10.9 Å². The fourth-order valence-electron chi connectivity index (χ4n) is 2.44. The van der Waals surface area contributed by atoms with Crippen LogP contribution in [0.5, 0.6) is 0 Å². The number of hydrogen-bond acceptors (Lipinski definition) is 9. The zero-order valence-corrected chi connectivity index (χ0v) is 16.2. The standard InChI is InChI=1S/C16H18N6O5S/c1-4-20(5-2)11-6-7-12(13(8-11)17-10(3)23)18-19-16-14(21(24)25)9-15(28-16)22(26)27/h6-9H,4-5H2,1-3H3,(H,17,23)/b19-18-. The van der Waals surface area contributed by atoms with Crippen molar-refractivity contribution in [1.29, 1.82) is 0 Å². The van der Waals surface area contributed by atoms with Crippen LogP contribution >= 0.6 is 11.3 Å². The van der Waals surface area contributed by atoms with Crippen LogP contribution < -0.4 is 10.2 Å². The minimum absolute atomic E-state index is 0.196. The molecule has 0 aliphatic rings. The van der Waals surface area contributed by atoms with Gasteiger partial charge in [0.1, 0.15) is 11.8 Å². The number of benzene rings is 1. The van der Waals surface area contributed by atoms with Crippen LogP contribution in [0.4, 0.5) is 32.8 Å². The summed E-state index contributed by atoms with van der Waals surface area (Å²) in [4.78, 5) is 34.1. The monoisotopic (exact) mass is 406 g/mol. The molecule has 1 heterocycles. The van der Waals surface area contributed by atoms with Gasteiger partial charge < -0.3 is 10.2 Å². The maximum Gasteiger partial charge on any atom is 0.333 e. The van der Waals surface area contributed by atoms with Gasteiger partial charge in [-0.15, -0.1) is 10.2 Å². The number of thiophene rings is 1. The number of nitrogens with zero attached hydrogens (tertiary/aromatic N) is 5. The van der Waals surface area contributed by atoms with Crippen LogP contribution in [-0.4, -0.2) is 28.8 Å². The molecule has 11 nitrogen and oxygen atoms in total. The molecule has 12 heteroatoms. The average molecular weight is 406 g/mol. The van der Waals surface area contributed by atoms with Crippen LogP contribution in [0, 0.1) is 20.2 Å². The highest BCUT2D eigenvalue weighted by molar-refractivity contribution is 7.19.